The minimum absolute atomic E-state index is 0.0855. The van der Waals surface area contributed by atoms with Gasteiger partial charge in [-0.15, -0.1) is 0 Å². The highest BCUT2D eigenvalue weighted by atomic mass is 79.9. The van der Waals surface area contributed by atoms with E-state index in [0.29, 0.717) is 0 Å². The lowest BCUT2D eigenvalue weighted by atomic mass is 10.1. The van der Waals surface area contributed by atoms with Crippen molar-refractivity contribution in [3.8, 4) is 0 Å². The average Bonchev–Trinajstić information content (AvgIpc) is 2.94. The lowest BCUT2D eigenvalue weighted by molar-refractivity contribution is -0.154. The summed E-state index contributed by atoms with van der Waals surface area (Å²) in [6, 6.07) is 7.83. The fraction of sp³-hybridized carbons (Fsp3) is 0.462. The Morgan fingerprint density at radius 3 is 2.71 bits per heavy atom. The Kier molecular flexibility index (Phi) is 3.27. The highest BCUT2D eigenvalue weighted by Gasteiger charge is 2.45. The van der Waals surface area contributed by atoms with Crippen LogP contribution in [0.4, 0.5) is 0 Å². The number of carbonyl (C=O) groups excluding carboxylic acids is 1. The molecule has 0 saturated carbocycles. The van der Waals surface area contributed by atoms with E-state index in [1.165, 1.54) is 0 Å². The summed E-state index contributed by atoms with van der Waals surface area (Å²) < 4.78 is 6.35. The van der Waals surface area contributed by atoms with E-state index in [2.05, 4.69) is 21.2 Å². The molecule has 2 rings (SSSR count). The first-order chi connectivity index (χ1) is 7.87. The summed E-state index contributed by atoms with van der Waals surface area (Å²) in [5.41, 5.74) is 0.679. The van der Waals surface area contributed by atoms with Crippen LogP contribution in [0.25, 0.3) is 0 Å². The molecule has 92 valence electrons. The third-order valence-corrected chi connectivity index (χ3v) is 2.95. The predicted octanol–water partition coefficient (Wildman–Crippen LogP) is 2.80. The lowest BCUT2D eigenvalue weighted by Gasteiger charge is -2.19. The molecule has 1 saturated heterocycles. The van der Waals surface area contributed by atoms with Crippen molar-refractivity contribution in [2.75, 3.05) is 0 Å². The monoisotopic (exact) mass is 297 g/mol. The van der Waals surface area contributed by atoms with Crippen molar-refractivity contribution >= 4 is 21.9 Å². The van der Waals surface area contributed by atoms with E-state index < -0.39 is 5.60 Å². The molecule has 1 heterocycles. The van der Waals surface area contributed by atoms with Gasteiger partial charge in [0.25, 0.3) is 0 Å². The van der Waals surface area contributed by atoms with Crippen LogP contribution in [0.15, 0.2) is 28.7 Å². The molecule has 1 N–H and O–H groups in total. The molecule has 1 aliphatic heterocycles. The summed E-state index contributed by atoms with van der Waals surface area (Å²) in [6.45, 7) is 5.63. The third-order valence-electron chi connectivity index (χ3n) is 2.45. The number of benzene rings is 1. The minimum atomic E-state index is -0.427. The van der Waals surface area contributed by atoms with Crippen LogP contribution >= 0.6 is 15.9 Å². The predicted molar refractivity (Wildman–Crippen MR) is 69.7 cm³/mol. The Balaban J connectivity index is 1.99. The van der Waals surface area contributed by atoms with Crippen LogP contribution in [-0.2, 0) is 9.53 Å². The summed E-state index contributed by atoms with van der Waals surface area (Å²) >= 11 is 3.42. The Morgan fingerprint density at radius 1 is 1.41 bits per heavy atom. The second kappa shape index (κ2) is 4.42. The topological polar surface area (TPSA) is 48.2 Å². The van der Waals surface area contributed by atoms with Gasteiger partial charge in [-0.2, -0.15) is 0 Å². The molecule has 1 aromatic carbocycles. The van der Waals surface area contributed by atoms with Gasteiger partial charge in [-0.1, -0.05) is 28.1 Å². The van der Waals surface area contributed by atoms with E-state index in [-0.39, 0.29) is 18.1 Å². The zero-order valence-corrected chi connectivity index (χ0v) is 11.7. The van der Waals surface area contributed by atoms with Gasteiger partial charge >= 0.3 is 5.97 Å². The van der Waals surface area contributed by atoms with Crippen molar-refractivity contribution in [3.63, 3.8) is 0 Å². The van der Waals surface area contributed by atoms with Crippen LogP contribution in [0.2, 0.25) is 0 Å². The molecule has 0 spiro atoms. The van der Waals surface area contributed by atoms with Gasteiger partial charge in [0.2, 0.25) is 0 Å². The van der Waals surface area contributed by atoms with E-state index in [1.807, 2.05) is 45.0 Å². The summed E-state index contributed by atoms with van der Waals surface area (Å²) in [6.07, 6.45) is 0. The molecule has 1 fully saturated rings. The van der Waals surface area contributed by atoms with Crippen molar-refractivity contribution < 1.29 is 9.53 Å². The van der Waals surface area contributed by atoms with Crippen LogP contribution in [0.3, 0.4) is 0 Å². The van der Waals surface area contributed by atoms with Crippen LogP contribution in [-0.4, -0.2) is 17.6 Å². The first-order valence-electron chi connectivity index (χ1n) is 5.61. The molecule has 0 unspecified atom stereocenters. The van der Waals surface area contributed by atoms with Crippen molar-refractivity contribution in [1.29, 1.82) is 0 Å². The lowest BCUT2D eigenvalue weighted by Crippen LogP contribution is -2.27. The van der Waals surface area contributed by atoms with Crippen LogP contribution in [0.1, 0.15) is 32.4 Å². The summed E-state index contributed by atoms with van der Waals surface area (Å²) in [7, 11) is 0. The molecule has 0 aliphatic carbocycles. The zero-order chi connectivity index (χ0) is 12.6. The van der Waals surface area contributed by atoms with Crippen molar-refractivity contribution in [1.82, 2.24) is 5.32 Å². The molecule has 4 heteroatoms. The molecule has 3 nitrogen and oxygen atoms in total. The number of nitrogens with one attached hydrogen (secondary N) is 1. The second-order valence-corrected chi connectivity index (χ2v) is 6.13. The van der Waals surface area contributed by atoms with Gasteiger partial charge in [-0.05, 0) is 38.5 Å². The van der Waals surface area contributed by atoms with E-state index in [1.54, 1.807) is 0 Å². The van der Waals surface area contributed by atoms with Gasteiger partial charge in [0.1, 0.15) is 11.6 Å². The number of halogens is 1. The number of rotatable bonds is 2. The van der Waals surface area contributed by atoms with Crippen molar-refractivity contribution in [2.45, 2.75) is 38.5 Å². The smallest absolute Gasteiger partial charge is 0.325 e. The molecule has 0 bridgehead atoms. The Hall–Kier alpha value is -0.870. The van der Waals surface area contributed by atoms with Crippen molar-refractivity contribution in [3.05, 3.63) is 34.3 Å². The molecule has 0 aromatic heterocycles. The van der Waals surface area contributed by atoms with Gasteiger partial charge in [0.15, 0.2) is 0 Å². The zero-order valence-electron chi connectivity index (χ0n) is 10.2. The van der Waals surface area contributed by atoms with Crippen molar-refractivity contribution in [2.24, 2.45) is 0 Å². The Morgan fingerprint density at radius 2 is 2.12 bits per heavy atom. The van der Waals surface area contributed by atoms with E-state index in [0.717, 1.165) is 10.0 Å². The highest BCUT2D eigenvalue weighted by Crippen LogP contribution is 2.32. The van der Waals surface area contributed by atoms with Gasteiger partial charge in [-0.3, -0.25) is 10.1 Å². The first kappa shape index (κ1) is 12.6. The molecule has 2 atom stereocenters. The van der Waals surface area contributed by atoms with Gasteiger partial charge in [-0.25, -0.2) is 0 Å². The summed E-state index contributed by atoms with van der Waals surface area (Å²) in [4.78, 5) is 11.8. The number of carbonyl (C=O) groups is 1. The fourth-order valence-electron chi connectivity index (χ4n) is 1.70. The largest absolute Gasteiger partial charge is 0.459 e. The van der Waals surface area contributed by atoms with Crippen LogP contribution in [0.5, 0.6) is 0 Å². The molecule has 17 heavy (non-hydrogen) atoms. The fourth-order valence-corrected chi connectivity index (χ4v) is 2.11. The summed E-state index contributed by atoms with van der Waals surface area (Å²) in [5, 5.41) is 3.14. The Bertz CT molecular complexity index is 439. The third kappa shape index (κ3) is 3.30. The number of hydrogen-bond donors (Lipinski definition) is 1. The molecule has 1 aliphatic rings. The van der Waals surface area contributed by atoms with E-state index >= 15 is 0 Å². The van der Waals surface area contributed by atoms with Crippen LogP contribution in [0, 0.1) is 0 Å². The second-order valence-electron chi connectivity index (χ2n) is 5.21. The first-order valence-corrected chi connectivity index (χ1v) is 6.40. The Labute approximate surface area is 110 Å². The number of esters is 1. The molecular weight excluding hydrogens is 282 g/mol. The maximum Gasteiger partial charge on any atom is 0.325 e. The highest BCUT2D eigenvalue weighted by molar-refractivity contribution is 9.10. The maximum absolute atomic E-state index is 11.8. The maximum atomic E-state index is 11.8. The SMILES string of the molecule is CC(C)(C)OC(=O)[C@@H]1N[C@@H]1c1cccc(Br)c1. The molecule has 1 aromatic rings. The number of ether oxygens (including phenoxy) is 1. The summed E-state index contributed by atoms with van der Waals surface area (Å²) in [5.74, 6) is -0.178. The van der Waals surface area contributed by atoms with Crippen LogP contribution < -0.4 is 5.32 Å². The van der Waals surface area contributed by atoms with Gasteiger partial charge in [0, 0.05) is 4.47 Å². The van der Waals surface area contributed by atoms with E-state index in [9.17, 15) is 4.79 Å². The molecule has 0 radical (unpaired) electrons. The normalized spacial score (nSPS) is 23.3. The average molecular weight is 298 g/mol. The van der Waals surface area contributed by atoms with Gasteiger partial charge in [0.05, 0.1) is 6.04 Å². The standard InChI is InChI=1S/C13H16BrNO2/c1-13(2,3)17-12(16)11-10(15-11)8-5-4-6-9(14)7-8/h4-7,10-11,15H,1-3H3/t10-,11-/m1/s1. The molecule has 0 amide bonds. The quantitative estimate of drug-likeness (QED) is 0.674. The van der Waals surface area contributed by atoms with E-state index in [4.69, 9.17) is 4.74 Å². The number of hydrogen-bond acceptors (Lipinski definition) is 3. The molecular formula is C13H16BrNO2. The van der Waals surface area contributed by atoms with Gasteiger partial charge < -0.3 is 4.74 Å². The minimum Gasteiger partial charge on any atom is -0.459 e.